The third-order valence-electron chi connectivity index (χ3n) is 15.2. The number of halogens is 1. The normalized spacial score (nSPS) is 24.2. The number of hydrogen-bond donors (Lipinski definition) is 4. The summed E-state index contributed by atoms with van der Waals surface area (Å²) in [5.74, 6) is -0.121. The van der Waals surface area contributed by atoms with Crippen molar-refractivity contribution in [2.75, 3.05) is 49.7 Å². The molecule has 5 aromatic rings. The smallest absolute Gasteiger partial charge is 0.297 e. The summed E-state index contributed by atoms with van der Waals surface area (Å²) in [6.45, 7) is 10.4. The number of rotatable bonds is 11. The maximum absolute atomic E-state index is 14.2. The van der Waals surface area contributed by atoms with Crippen molar-refractivity contribution in [1.29, 1.82) is 0 Å². The van der Waals surface area contributed by atoms with E-state index in [-0.39, 0.29) is 58.5 Å². The Kier molecular flexibility index (Phi) is 12.3. The summed E-state index contributed by atoms with van der Waals surface area (Å²) in [6, 6.07) is 18.1. The quantitative estimate of drug-likeness (QED) is 0.0722. The lowest BCUT2D eigenvalue weighted by Crippen LogP contribution is -2.58. The second kappa shape index (κ2) is 18.1. The van der Waals surface area contributed by atoms with E-state index in [1.54, 1.807) is 31.3 Å². The Balaban J connectivity index is 0.864. The molecule has 3 aromatic carbocycles. The number of hydrogen-bond acceptors (Lipinski definition) is 13. The first kappa shape index (κ1) is 46.3. The number of aromatic nitrogens is 2. The minimum absolute atomic E-state index is 0.01000. The molecule has 2 aromatic heterocycles. The summed E-state index contributed by atoms with van der Waals surface area (Å²) in [6.07, 6.45) is 9.95. The number of anilines is 2. The van der Waals surface area contributed by atoms with Gasteiger partial charge in [-0.3, -0.25) is 19.8 Å². The first-order valence-electron chi connectivity index (χ1n) is 23.7. The van der Waals surface area contributed by atoms with Crippen molar-refractivity contribution in [2.45, 2.75) is 107 Å². The summed E-state index contributed by atoms with van der Waals surface area (Å²) in [5, 5.41) is 27.1. The number of H-pyrrole nitrogens is 1. The first-order chi connectivity index (χ1) is 32.6. The number of pyridine rings is 1. The van der Waals surface area contributed by atoms with Crippen molar-refractivity contribution in [1.82, 2.24) is 19.6 Å². The number of fused-ring (bicyclic) bond motifs is 2. The molecular weight excluding hydrogens is 910 g/mol. The number of ether oxygens (including phenoxy) is 3. The number of carbonyl (C=O) groups is 1. The largest absolute Gasteiger partial charge is 0.489 e. The van der Waals surface area contributed by atoms with Gasteiger partial charge in [-0.2, -0.15) is 0 Å². The highest BCUT2D eigenvalue weighted by atomic mass is 35.5. The predicted molar refractivity (Wildman–Crippen MR) is 259 cm³/mol. The minimum atomic E-state index is -4.69. The fraction of sp³-hybridized carbons (Fsp3) is 0.480. The van der Waals surface area contributed by atoms with Crippen LogP contribution in [0.25, 0.3) is 11.0 Å². The molecule has 360 valence electrons. The zero-order valence-corrected chi connectivity index (χ0v) is 40.1. The van der Waals surface area contributed by atoms with Gasteiger partial charge in [-0.05, 0) is 105 Å². The van der Waals surface area contributed by atoms with Gasteiger partial charge in [0.2, 0.25) is 0 Å². The second-order valence-corrected chi connectivity index (χ2v) is 22.1. The standard InChI is InChI=1S/C50H58ClN7O9S/c1-30(2)36-6-4-5-7-37(36)43-29-65-19-18-57(43)33-24-50(25-33)14-16-56(17-15-50)32-8-9-38(44(20-32)67-34-21-39-40(51)27-53-47(39)52-26-34)48(59)55-68(63,64)35-22-42(58(61)62)46-45(23-35)66-28-41(54-46)31-10-12-49(3,60)13-11-31/h4-9,20-23,26-27,30-31,33,41,43,54,60H,10-19,24-25,28-29H2,1-3H3,(H,52,53)(H,55,59)/t31-,41-,43-,49-/m1/s1. The number of piperidine rings is 1. The Morgan fingerprint density at radius 2 is 1.81 bits per heavy atom. The average Bonchev–Trinajstić information content (AvgIpc) is 3.69. The molecule has 1 spiro atoms. The van der Waals surface area contributed by atoms with Crippen LogP contribution >= 0.6 is 11.6 Å². The van der Waals surface area contributed by atoms with Gasteiger partial charge < -0.3 is 34.5 Å². The number of nitro groups is 1. The van der Waals surface area contributed by atoms with Crippen LogP contribution < -0.4 is 24.4 Å². The molecule has 0 unspecified atom stereocenters. The number of benzene rings is 3. The molecule has 68 heavy (non-hydrogen) atoms. The number of aliphatic hydroxyl groups is 1. The number of aromatic amines is 1. The molecular formula is C50H58ClN7O9S. The van der Waals surface area contributed by atoms with Crippen LogP contribution in [0.15, 0.2) is 78.0 Å². The molecule has 2 saturated heterocycles. The van der Waals surface area contributed by atoms with Gasteiger partial charge in [0.25, 0.3) is 21.6 Å². The molecule has 16 nitrogen and oxygen atoms in total. The van der Waals surface area contributed by atoms with Gasteiger partial charge in [0.15, 0.2) is 11.4 Å². The Hall–Kier alpha value is -5.46. The number of amides is 1. The lowest BCUT2D eigenvalue weighted by Gasteiger charge is -2.57. The van der Waals surface area contributed by atoms with E-state index in [9.17, 15) is 28.4 Å². The first-order valence-corrected chi connectivity index (χ1v) is 25.5. The SMILES string of the molecule is CC(C)c1ccccc1[C@H]1COCCN1C1CC2(CCN(c3ccc(C(=O)NS(=O)(=O)c4cc5c(c([N+](=O)[O-])c4)N[C@@H]([C@H]4CC[C@](C)(O)CC4)CO5)c(Oc4cnc5[nH]cc(Cl)c5c4)c3)CC2)C1. The predicted octanol–water partition coefficient (Wildman–Crippen LogP) is 9.10. The molecule has 10 rings (SSSR count). The van der Waals surface area contributed by atoms with E-state index in [2.05, 4.69) is 67.9 Å². The van der Waals surface area contributed by atoms with Crippen molar-refractivity contribution in [3.63, 3.8) is 0 Å². The number of nitro benzene ring substituents is 1. The van der Waals surface area contributed by atoms with E-state index >= 15 is 0 Å². The highest BCUT2D eigenvalue weighted by Gasteiger charge is 2.50. The van der Waals surface area contributed by atoms with E-state index in [0.29, 0.717) is 60.3 Å². The van der Waals surface area contributed by atoms with Gasteiger partial charge in [-0.15, -0.1) is 0 Å². The molecule has 1 amide bonds. The van der Waals surface area contributed by atoms with Crippen LogP contribution in [0, 0.1) is 21.4 Å². The zero-order valence-electron chi connectivity index (χ0n) is 38.5. The molecule has 2 atom stereocenters. The Labute approximate surface area is 400 Å². The minimum Gasteiger partial charge on any atom is -0.489 e. The lowest BCUT2D eigenvalue weighted by atomic mass is 9.59. The topological polar surface area (TPSA) is 201 Å². The van der Waals surface area contributed by atoms with Crippen LogP contribution in [0.1, 0.15) is 106 Å². The molecule has 2 saturated carbocycles. The Morgan fingerprint density at radius 1 is 1.04 bits per heavy atom. The molecule has 5 heterocycles. The number of morpholine rings is 1. The van der Waals surface area contributed by atoms with Gasteiger partial charge >= 0.3 is 0 Å². The van der Waals surface area contributed by atoms with Crippen LogP contribution in [0.3, 0.4) is 0 Å². The summed E-state index contributed by atoms with van der Waals surface area (Å²) in [5.41, 5.74) is 3.08. The van der Waals surface area contributed by atoms with Crippen molar-refractivity contribution >= 4 is 55.6 Å². The van der Waals surface area contributed by atoms with E-state index in [1.807, 2.05) is 0 Å². The zero-order chi connectivity index (χ0) is 47.5. The summed E-state index contributed by atoms with van der Waals surface area (Å²) in [7, 11) is -4.69. The van der Waals surface area contributed by atoms with E-state index in [1.165, 1.54) is 29.5 Å². The fourth-order valence-electron chi connectivity index (χ4n) is 11.3. The Morgan fingerprint density at radius 3 is 2.56 bits per heavy atom. The molecule has 4 fully saturated rings. The molecule has 5 aliphatic rings. The van der Waals surface area contributed by atoms with Crippen LogP contribution in [-0.4, -0.2) is 96.4 Å². The van der Waals surface area contributed by atoms with E-state index in [4.69, 9.17) is 25.8 Å². The van der Waals surface area contributed by atoms with Crippen molar-refractivity contribution in [3.05, 3.63) is 105 Å². The maximum Gasteiger partial charge on any atom is 0.297 e. The molecule has 0 bridgehead atoms. The van der Waals surface area contributed by atoms with Crippen molar-refractivity contribution in [2.24, 2.45) is 11.3 Å². The van der Waals surface area contributed by atoms with Crippen LogP contribution in [-0.2, 0) is 14.8 Å². The van der Waals surface area contributed by atoms with Crippen molar-refractivity contribution < 1.29 is 37.5 Å². The van der Waals surface area contributed by atoms with Gasteiger partial charge in [-0.1, -0.05) is 49.7 Å². The van der Waals surface area contributed by atoms with Crippen LogP contribution in [0.2, 0.25) is 5.02 Å². The average molecular weight is 969 g/mol. The van der Waals surface area contributed by atoms with Crippen LogP contribution in [0.5, 0.6) is 17.2 Å². The highest BCUT2D eigenvalue weighted by molar-refractivity contribution is 7.90. The second-order valence-electron chi connectivity index (χ2n) is 20.1. The van der Waals surface area contributed by atoms with Gasteiger partial charge in [0.05, 0.1) is 57.5 Å². The number of sulfonamides is 1. The molecule has 3 aliphatic heterocycles. The highest BCUT2D eigenvalue weighted by Crippen LogP contribution is 2.53. The molecule has 4 N–H and O–H groups in total. The van der Waals surface area contributed by atoms with E-state index in [0.717, 1.165) is 63.7 Å². The van der Waals surface area contributed by atoms with Crippen LogP contribution in [0.4, 0.5) is 17.1 Å². The monoisotopic (exact) mass is 967 g/mol. The number of carbonyl (C=O) groups excluding carboxylic acids is 1. The molecule has 0 radical (unpaired) electrons. The fourth-order valence-corrected chi connectivity index (χ4v) is 12.5. The number of nitrogens with zero attached hydrogens (tertiary/aromatic N) is 4. The molecule has 2 aliphatic carbocycles. The van der Waals surface area contributed by atoms with Gasteiger partial charge in [0, 0.05) is 61.1 Å². The maximum atomic E-state index is 14.2. The third kappa shape index (κ3) is 9.10. The summed E-state index contributed by atoms with van der Waals surface area (Å²) in [4.78, 5) is 37.8. The Bertz CT molecular complexity index is 2850. The van der Waals surface area contributed by atoms with Gasteiger partial charge in [-0.25, -0.2) is 18.1 Å². The van der Waals surface area contributed by atoms with Crippen molar-refractivity contribution in [3.8, 4) is 17.2 Å². The number of nitrogens with one attached hydrogen (secondary N) is 3. The van der Waals surface area contributed by atoms with E-state index < -0.39 is 37.0 Å². The lowest BCUT2D eigenvalue weighted by molar-refractivity contribution is -0.384. The van der Waals surface area contributed by atoms with Gasteiger partial charge in [0.1, 0.15) is 23.8 Å². The third-order valence-corrected chi connectivity index (χ3v) is 16.9. The summed E-state index contributed by atoms with van der Waals surface area (Å²) >= 11 is 6.42. The summed E-state index contributed by atoms with van der Waals surface area (Å²) < 4.78 is 48.5. The molecule has 18 heteroatoms.